The number of hydrogen-bond acceptors (Lipinski definition) is 6. The van der Waals surface area contributed by atoms with Crippen molar-refractivity contribution in [3.63, 3.8) is 0 Å². The number of rotatable bonds is 7. The highest BCUT2D eigenvalue weighted by Gasteiger charge is 2.29. The normalized spacial score (nSPS) is 19.9. The first-order valence-electron chi connectivity index (χ1n) is 7.85. The van der Waals surface area contributed by atoms with Gasteiger partial charge >= 0.3 is 0 Å². The van der Waals surface area contributed by atoms with Gasteiger partial charge in [0.2, 0.25) is 10.0 Å². The minimum atomic E-state index is -3.62. The van der Waals surface area contributed by atoms with Crippen LogP contribution in [0.4, 0.5) is 0 Å². The van der Waals surface area contributed by atoms with Crippen molar-refractivity contribution in [1.82, 2.24) is 14.9 Å². The molecule has 1 atom stereocenters. The Morgan fingerprint density at radius 3 is 2.40 bits per heavy atom. The van der Waals surface area contributed by atoms with E-state index in [4.69, 9.17) is 0 Å². The number of hydrogen-bond donors (Lipinski definition) is 2. The van der Waals surface area contributed by atoms with Crippen molar-refractivity contribution in [2.24, 2.45) is 0 Å². The lowest BCUT2D eigenvalue weighted by Gasteiger charge is -2.12. The first-order valence-corrected chi connectivity index (χ1v) is 11.2. The Morgan fingerprint density at radius 1 is 1.24 bits per heavy atom. The number of sulfonamides is 1. The Kier molecular flexibility index (Phi) is 6.20. The van der Waals surface area contributed by atoms with E-state index in [0.717, 1.165) is 0 Å². The first-order chi connectivity index (χ1) is 11.6. The van der Waals surface area contributed by atoms with E-state index < -0.39 is 31.8 Å². The molecule has 2 rings (SSSR count). The van der Waals surface area contributed by atoms with Crippen LogP contribution >= 0.6 is 0 Å². The standard InChI is InChI=1S/C15H23N3O5S2/c1-18(2)9-8-16-25(22,23)14-5-3-12(4-6-14)15(19)17-13-7-10-24(20,21)11-13/h3-6,13,16H,7-11H2,1-2H3,(H,17,19). The fraction of sp³-hybridized carbons (Fsp3) is 0.533. The van der Waals surface area contributed by atoms with Crippen molar-refractivity contribution in [2.75, 3.05) is 38.7 Å². The zero-order chi connectivity index (χ0) is 18.7. The van der Waals surface area contributed by atoms with Gasteiger partial charge in [0.1, 0.15) is 0 Å². The Balaban J connectivity index is 1.98. The number of amides is 1. The fourth-order valence-electron chi connectivity index (χ4n) is 2.45. The summed E-state index contributed by atoms with van der Waals surface area (Å²) in [5.41, 5.74) is 0.288. The van der Waals surface area contributed by atoms with Gasteiger partial charge in [0, 0.05) is 24.7 Å². The molecule has 1 amide bonds. The smallest absolute Gasteiger partial charge is 0.251 e. The molecule has 0 radical (unpaired) electrons. The van der Waals surface area contributed by atoms with E-state index in [1.807, 2.05) is 19.0 Å². The molecular formula is C15H23N3O5S2. The molecule has 1 unspecified atom stereocenters. The van der Waals surface area contributed by atoms with Crippen LogP contribution in [0.15, 0.2) is 29.2 Å². The predicted octanol–water partition coefficient (Wildman–Crippen LogP) is -0.557. The van der Waals surface area contributed by atoms with Gasteiger partial charge in [-0.3, -0.25) is 4.79 Å². The maximum Gasteiger partial charge on any atom is 0.251 e. The van der Waals surface area contributed by atoms with Gasteiger partial charge < -0.3 is 10.2 Å². The van der Waals surface area contributed by atoms with Crippen LogP contribution in [0.3, 0.4) is 0 Å². The highest BCUT2D eigenvalue weighted by atomic mass is 32.2. The molecule has 1 fully saturated rings. The number of likely N-dealkylation sites (N-methyl/N-ethyl adjacent to an activating group) is 1. The van der Waals surface area contributed by atoms with Crippen LogP contribution in [0, 0.1) is 0 Å². The topological polar surface area (TPSA) is 113 Å². The van der Waals surface area contributed by atoms with Gasteiger partial charge in [-0.2, -0.15) is 0 Å². The summed E-state index contributed by atoms with van der Waals surface area (Å²) in [4.78, 5) is 14.1. The summed E-state index contributed by atoms with van der Waals surface area (Å²) < 4.78 is 49.6. The number of sulfone groups is 1. The first kappa shape index (κ1) is 19.8. The molecule has 0 spiro atoms. The SMILES string of the molecule is CN(C)CCNS(=O)(=O)c1ccc(C(=O)NC2CCS(=O)(=O)C2)cc1. The lowest BCUT2D eigenvalue weighted by Crippen LogP contribution is -2.35. The maximum absolute atomic E-state index is 12.1. The van der Waals surface area contributed by atoms with Crippen molar-refractivity contribution in [3.8, 4) is 0 Å². The molecule has 0 bridgehead atoms. The molecule has 8 nitrogen and oxygen atoms in total. The van der Waals surface area contributed by atoms with Gasteiger partial charge in [0.25, 0.3) is 5.91 Å². The second-order valence-corrected chi connectivity index (χ2v) is 10.3. The van der Waals surface area contributed by atoms with Gasteiger partial charge in [-0.05, 0) is 44.8 Å². The van der Waals surface area contributed by atoms with Crippen molar-refractivity contribution >= 4 is 25.8 Å². The van der Waals surface area contributed by atoms with Gasteiger partial charge in [-0.15, -0.1) is 0 Å². The van der Waals surface area contributed by atoms with E-state index in [0.29, 0.717) is 13.0 Å². The summed E-state index contributed by atoms with van der Waals surface area (Å²) in [6, 6.07) is 5.16. The third-order valence-corrected chi connectivity index (χ3v) is 7.09. The molecule has 140 valence electrons. The van der Waals surface area contributed by atoms with Crippen LogP contribution in [0.25, 0.3) is 0 Å². The van der Waals surface area contributed by atoms with Crippen molar-refractivity contribution in [1.29, 1.82) is 0 Å². The number of nitrogens with zero attached hydrogens (tertiary/aromatic N) is 1. The molecule has 1 aromatic rings. The lowest BCUT2D eigenvalue weighted by molar-refractivity contribution is 0.0941. The highest BCUT2D eigenvalue weighted by molar-refractivity contribution is 7.91. The third-order valence-electron chi connectivity index (χ3n) is 3.85. The second kappa shape index (κ2) is 7.81. The summed E-state index contributed by atoms with van der Waals surface area (Å²) in [5.74, 6) is -0.388. The molecule has 1 aromatic carbocycles. The van der Waals surface area contributed by atoms with Crippen molar-refractivity contribution in [3.05, 3.63) is 29.8 Å². The summed E-state index contributed by atoms with van der Waals surface area (Å²) in [7, 11) is -3.00. The van der Waals surface area contributed by atoms with Crippen LogP contribution in [0.1, 0.15) is 16.8 Å². The fourth-order valence-corrected chi connectivity index (χ4v) is 5.14. The zero-order valence-electron chi connectivity index (χ0n) is 14.2. The molecule has 1 heterocycles. The minimum absolute atomic E-state index is 0.0546. The monoisotopic (exact) mass is 389 g/mol. The van der Waals surface area contributed by atoms with E-state index in [-0.39, 0.29) is 28.5 Å². The minimum Gasteiger partial charge on any atom is -0.348 e. The Bertz CT molecular complexity index is 817. The van der Waals surface area contributed by atoms with E-state index in [9.17, 15) is 21.6 Å². The summed E-state index contributed by atoms with van der Waals surface area (Å²) >= 11 is 0. The molecule has 0 aromatic heterocycles. The molecule has 1 aliphatic heterocycles. The third kappa shape index (κ3) is 5.77. The van der Waals surface area contributed by atoms with Crippen LogP contribution in [0.5, 0.6) is 0 Å². The lowest BCUT2D eigenvalue weighted by atomic mass is 10.2. The molecule has 1 saturated heterocycles. The van der Waals surface area contributed by atoms with Crippen LogP contribution < -0.4 is 10.0 Å². The van der Waals surface area contributed by atoms with Crippen LogP contribution in [0.2, 0.25) is 0 Å². The van der Waals surface area contributed by atoms with E-state index in [2.05, 4.69) is 10.0 Å². The van der Waals surface area contributed by atoms with E-state index in [1.165, 1.54) is 24.3 Å². The molecule has 1 aliphatic rings. The molecule has 25 heavy (non-hydrogen) atoms. The Labute approximate surface area is 148 Å². The number of benzene rings is 1. The van der Waals surface area contributed by atoms with Crippen molar-refractivity contribution < 1.29 is 21.6 Å². The van der Waals surface area contributed by atoms with Crippen LogP contribution in [-0.4, -0.2) is 72.4 Å². The molecule has 2 N–H and O–H groups in total. The Hall–Kier alpha value is -1.49. The van der Waals surface area contributed by atoms with E-state index >= 15 is 0 Å². The van der Waals surface area contributed by atoms with Gasteiger partial charge in [-0.1, -0.05) is 0 Å². The van der Waals surface area contributed by atoms with Gasteiger partial charge in [-0.25, -0.2) is 21.6 Å². The predicted molar refractivity (Wildman–Crippen MR) is 94.7 cm³/mol. The van der Waals surface area contributed by atoms with E-state index in [1.54, 1.807) is 0 Å². The average Bonchev–Trinajstić information content (AvgIpc) is 2.85. The van der Waals surface area contributed by atoms with Crippen LogP contribution in [-0.2, 0) is 19.9 Å². The van der Waals surface area contributed by atoms with Gasteiger partial charge in [0.05, 0.1) is 16.4 Å². The molecule has 0 aliphatic carbocycles. The highest BCUT2D eigenvalue weighted by Crippen LogP contribution is 2.14. The Morgan fingerprint density at radius 2 is 1.88 bits per heavy atom. The van der Waals surface area contributed by atoms with Crippen molar-refractivity contribution in [2.45, 2.75) is 17.4 Å². The number of carbonyl (C=O) groups is 1. The quantitative estimate of drug-likeness (QED) is 0.647. The molecule has 10 heteroatoms. The van der Waals surface area contributed by atoms with Gasteiger partial charge in [0.15, 0.2) is 9.84 Å². The second-order valence-electron chi connectivity index (χ2n) is 6.30. The summed E-state index contributed by atoms with van der Waals surface area (Å²) in [5, 5.41) is 2.67. The summed E-state index contributed by atoms with van der Waals surface area (Å²) in [6.07, 6.45) is 0.399. The molecular weight excluding hydrogens is 366 g/mol. The average molecular weight is 389 g/mol. The molecule has 0 saturated carbocycles. The number of nitrogens with one attached hydrogen (secondary N) is 2. The number of carbonyl (C=O) groups excluding carboxylic acids is 1. The maximum atomic E-state index is 12.1. The zero-order valence-corrected chi connectivity index (χ0v) is 15.9. The summed E-state index contributed by atoms with van der Waals surface area (Å²) in [6.45, 7) is 0.859. The largest absolute Gasteiger partial charge is 0.348 e.